The third-order valence-corrected chi connectivity index (χ3v) is 2.99. The van der Waals surface area contributed by atoms with Gasteiger partial charge in [0, 0.05) is 11.6 Å². The van der Waals surface area contributed by atoms with E-state index >= 15 is 0 Å². The molecule has 96 valence electrons. The SMILES string of the molecule is O=C1CC(=O)c2c[n+](CCOS(=O)(=O)O)ccc21. The second-order valence-corrected chi connectivity index (χ2v) is 4.87. The van der Waals surface area contributed by atoms with E-state index in [1.165, 1.54) is 16.8 Å². The lowest BCUT2D eigenvalue weighted by Crippen LogP contribution is -2.36. The van der Waals surface area contributed by atoms with Crippen LogP contribution in [0.15, 0.2) is 18.5 Å². The summed E-state index contributed by atoms with van der Waals surface area (Å²) in [4.78, 5) is 22.8. The average Bonchev–Trinajstić information content (AvgIpc) is 2.53. The molecule has 18 heavy (non-hydrogen) atoms. The highest BCUT2D eigenvalue weighted by molar-refractivity contribution is 7.80. The topological polar surface area (TPSA) is 102 Å². The van der Waals surface area contributed by atoms with Crippen LogP contribution in [0.5, 0.6) is 0 Å². The zero-order valence-electron chi connectivity index (χ0n) is 9.20. The van der Waals surface area contributed by atoms with Crippen molar-refractivity contribution >= 4 is 22.0 Å². The smallest absolute Gasteiger partial charge is 0.294 e. The molecule has 1 aromatic heterocycles. The Labute approximate surface area is 103 Å². The van der Waals surface area contributed by atoms with Crippen LogP contribution in [-0.4, -0.2) is 31.1 Å². The quantitative estimate of drug-likeness (QED) is 0.453. The third-order valence-electron chi connectivity index (χ3n) is 2.52. The van der Waals surface area contributed by atoms with Gasteiger partial charge in [0.2, 0.25) is 0 Å². The molecule has 0 saturated carbocycles. The average molecular weight is 272 g/mol. The Kier molecular flexibility index (Phi) is 3.24. The second-order valence-electron chi connectivity index (χ2n) is 3.78. The first-order valence-corrected chi connectivity index (χ1v) is 6.45. The predicted octanol–water partition coefficient (Wildman–Crippen LogP) is -0.437. The summed E-state index contributed by atoms with van der Waals surface area (Å²) in [6.07, 6.45) is 2.89. The fraction of sp³-hybridized carbons (Fsp3) is 0.300. The van der Waals surface area contributed by atoms with E-state index < -0.39 is 10.4 Å². The highest BCUT2D eigenvalue weighted by atomic mass is 32.3. The van der Waals surface area contributed by atoms with Crippen LogP contribution in [0.25, 0.3) is 0 Å². The number of carbonyl (C=O) groups excluding carboxylic acids is 2. The Bertz CT molecular complexity index is 621. The van der Waals surface area contributed by atoms with Crippen molar-refractivity contribution in [2.75, 3.05) is 6.61 Å². The monoisotopic (exact) mass is 272 g/mol. The molecule has 0 saturated heterocycles. The van der Waals surface area contributed by atoms with Crippen LogP contribution in [0.1, 0.15) is 27.1 Å². The summed E-state index contributed by atoms with van der Waals surface area (Å²) in [6, 6.07) is 1.51. The van der Waals surface area contributed by atoms with E-state index in [-0.39, 0.29) is 31.1 Å². The Balaban J connectivity index is 2.11. The molecule has 0 spiro atoms. The fourth-order valence-electron chi connectivity index (χ4n) is 1.73. The Morgan fingerprint density at radius 3 is 2.61 bits per heavy atom. The summed E-state index contributed by atoms with van der Waals surface area (Å²) in [5, 5.41) is 0. The summed E-state index contributed by atoms with van der Waals surface area (Å²) < 4.78 is 34.7. The standard InChI is InChI=1S/C10H9NO6S/c12-9-5-10(13)8-6-11(2-1-7(8)9)3-4-17-18(14,15)16/h1-2,6H,3-5H2/p+1. The van der Waals surface area contributed by atoms with Crippen LogP contribution in [0.2, 0.25) is 0 Å². The van der Waals surface area contributed by atoms with Crippen molar-refractivity contribution in [3.8, 4) is 0 Å². The van der Waals surface area contributed by atoms with Crippen molar-refractivity contribution in [3.63, 3.8) is 0 Å². The van der Waals surface area contributed by atoms with Gasteiger partial charge in [0.15, 0.2) is 30.5 Å². The maximum atomic E-state index is 11.5. The van der Waals surface area contributed by atoms with Gasteiger partial charge in [-0.3, -0.25) is 14.1 Å². The van der Waals surface area contributed by atoms with Gasteiger partial charge in [0.25, 0.3) is 0 Å². The third kappa shape index (κ3) is 2.78. The molecule has 0 fully saturated rings. The summed E-state index contributed by atoms with van der Waals surface area (Å²) in [6.45, 7) is -0.126. The second kappa shape index (κ2) is 4.56. The summed E-state index contributed by atoms with van der Waals surface area (Å²) in [5.74, 6) is -0.462. The Hall–Kier alpha value is -1.64. The molecule has 0 aromatic carbocycles. The lowest BCUT2D eigenvalue weighted by atomic mass is 10.2. The fourth-order valence-corrected chi connectivity index (χ4v) is 2.01. The van der Waals surface area contributed by atoms with Crippen molar-refractivity contribution < 1.29 is 31.3 Å². The maximum absolute atomic E-state index is 11.5. The molecule has 1 N–H and O–H groups in total. The minimum Gasteiger partial charge on any atom is -0.294 e. The van der Waals surface area contributed by atoms with Gasteiger partial charge in [-0.2, -0.15) is 8.42 Å². The molecule has 0 aliphatic heterocycles. The summed E-state index contributed by atoms with van der Waals surface area (Å²) in [5.41, 5.74) is 0.710. The first-order chi connectivity index (χ1) is 8.37. The molecule has 0 radical (unpaired) electrons. The first kappa shape index (κ1) is 12.8. The van der Waals surface area contributed by atoms with Crippen LogP contribution < -0.4 is 4.57 Å². The lowest BCUT2D eigenvalue weighted by Gasteiger charge is -1.99. The molecule has 7 nitrogen and oxygen atoms in total. The number of hydrogen-bond donors (Lipinski definition) is 1. The minimum atomic E-state index is -4.46. The highest BCUT2D eigenvalue weighted by Crippen LogP contribution is 2.19. The van der Waals surface area contributed by atoms with E-state index in [4.69, 9.17) is 4.55 Å². The molecule has 2 rings (SSSR count). The molecule has 0 bridgehead atoms. The molecule has 0 unspecified atom stereocenters. The number of Topliss-reactive ketones (excluding diaryl/α,β-unsaturated/α-hetero) is 2. The minimum absolute atomic E-state index is 0.124. The van der Waals surface area contributed by atoms with Crippen molar-refractivity contribution in [1.82, 2.24) is 0 Å². The van der Waals surface area contributed by atoms with Gasteiger partial charge in [-0.15, -0.1) is 0 Å². The van der Waals surface area contributed by atoms with Gasteiger partial charge < -0.3 is 0 Å². The van der Waals surface area contributed by atoms with E-state index in [1.54, 1.807) is 6.20 Å². The van der Waals surface area contributed by atoms with Gasteiger partial charge in [-0.25, -0.2) is 8.75 Å². The number of rotatable bonds is 4. The van der Waals surface area contributed by atoms with Crippen molar-refractivity contribution in [2.45, 2.75) is 13.0 Å². The number of ketones is 2. The molecule has 8 heteroatoms. The normalized spacial score (nSPS) is 14.9. The van der Waals surface area contributed by atoms with Crippen LogP contribution in [0, 0.1) is 0 Å². The zero-order valence-corrected chi connectivity index (χ0v) is 10.0. The summed E-state index contributed by atoms with van der Waals surface area (Å²) in [7, 11) is -4.46. The van der Waals surface area contributed by atoms with Gasteiger partial charge in [0.05, 0.1) is 12.0 Å². The van der Waals surface area contributed by atoms with E-state index in [9.17, 15) is 18.0 Å². The van der Waals surface area contributed by atoms with E-state index in [2.05, 4.69) is 4.18 Å². The van der Waals surface area contributed by atoms with Crippen LogP contribution in [0.4, 0.5) is 0 Å². The van der Waals surface area contributed by atoms with E-state index in [1.807, 2.05) is 0 Å². The number of pyridine rings is 1. The molecular formula is C10H10NO6S+. The van der Waals surface area contributed by atoms with Gasteiger partial charge in [0.1, 0.15) is 6.61 Å². The number of carbonyl (C=O) groups is 2. The molecule has 1 aliphatic rings. The predicted molar refractivity (Wildman–Crippen MR) is 57.4 cm³/mol. The maximum Gasteiger partial charge on any atom is 0.397 e. The van der Waals surface area contributed by atoms with Gasteiger partial charge >= 0.3 is 10.4 Å². The molecule has 1 heterocycles. The summed E-state index contributed by atoms with van der Waals surface area (Å²) >= 11 is 0. The van der Waals surface area contributed by atoms with Crippen molar-refractivity contribution in [2.24, 2.45) is 0 Å². The van der Waals surface area contributed by atoms with Crippen molar-refractivity contribution in [3.05, 3.63) is 29.6 Å². The zero-order chi connectivity index (χ0) is 13.3. The van der Waals surface area contributed by atoms with E-state index in [0.717, 1.165) is 0 Å². The molecule has 0 atom stereocenters. The van der Waals surface area contributed by atoms with Crippen LogP contribution in [0.3, 0.4) is 0 Å². The van der Waals surface area contributed by atoms with Crippen LogP contribution >= 0.6 is 0 Å². The first-order valence-electron chi connectivity index (χ1n) is 5.08. The largest absolute Gasteiger partial charge is 0.397 e. The highest BCUT2D eigenvalue weighted by Gasteiger charge is 2.29. The molecular weight excluding hydrogens is 262 g/mol. The molecule has 0 amide bonds. The number of aromatic nitrogens is 1. The molecule has 1 aliphatic carbocycles. The van der Waals surface area contributed by atoms with Crippen molar-refractivity contribution in [1.29, 1.82) is 0 Å². The number of fused-ring (bicyclic) bond motifs is 1. The van der Waals surface area contributed by atoms with Gasteiger partial charge in [-0.1, -0.05) is 0 Å². The van der Waals surface area contributed by atoms with E-state index in [0.29, 0.717) is 11.1 Å². The Morgan fingerprint density at radius 1 is 1.28 bits per heavy atom. The van der Waals surface area contributed by atoms with Crippen LogP contribution in [-0.2, 0) is 21.1 Å². The molecule has 1 aromatic rings. The number of hydrogen-bond acceptors (Lipinski definition) is 5. The Morgan fingerprint density at radius 2 is 1.94 bits per heavy atom. The number of nitrogens with zero attached hydrogens (tertiary/aromatic N) is 1. The van der Waals surface area contributed by atoms with Gasteiger partial charge in [-0.05, 0) is 0 Å². The lowest BCUT2D eigenvalue weighted by molar-refractivity contribution is -0.697.